The van der Waals surface area contributed by atoms with Gasteiger partial charge < -0.3 is 5.32 Å². The Hall–Kier alpha value is -0.360. The lowest BCUT2D eigenvalue weighted by atomic mass is 9.97. The van der Waals surface area contributed by atoms with Gasteiger partial charge in [-0.2, -0.15) is 13.2 Å². The SMILES string of the molecule is CCCCCN(F)CCC1NCCC1C(F)(F)F. The summed E-state index contributed by atoms with van der Waals surface area (Å²) in [5.41, 5.74) is 0. The fourth-order valence-electron chi connectivity index (χ4n) is 2.39. The maximum Gasteiger partial charge on any atom is 0.393 e. The summed E-state index contributed by atoms with van der Waals surface area (Å²) in [6.45, 7) is 2.79. The predicted octanol–water partition coefficient (Wildman–Crippen LogP) is 3.29. The van der Waals surface area contributed by atoms with Crippen LogP contribution in [-0.2, 0) is 0 Å². The molecule has 0 aromatic carbocycles. The molecular formula is C12H22F4N2. The molecule has 0 aromatic rings. The van der Waals surface area contributed by atoms with Crippen LogP contribution in [0.1, 0.15) is 39.0 Å². The molecule has 2 atom stereocenters. The van der Waals surface area contributed by atoms with Crippen LogP contribution in [0, 0.1) is 5.92 Å². The summed E-state index contributed by atoms with van der Waals surface area (Å²) in [6.07, 6.45) is -1.13. The molecule has 0 spiro atoms. The first-order valence-electron chi connectivity index (χ1n) is 6.66. The molecule has 2 nitrogen and oxygen atoms in total. The molecule has 0 aliphatic carbocycles. The van der Waals surface area contributed by atoms with Gasteiger partial charge in [0.25, 0.3) is 0 Å². The lowest BCUT2D eigenvalue weighted by Gasteiger charge is -2.23. The maximum absolute atomic E-state index is 13.3. The summed E-state index contributed by atoms with van der Waals surface area (Å²) in [5.74, 6) is -1.32. The van der Waals surface area contributed by atoms with Crippen LogP contribution in [0.15, 0.2) is 0 Å². The number of alkyl halides is 3. The first-order valence-corrected chi connectivity index (χ1v) is 6.66. The Morgan fingerprint density at radius 1 is 1.22 bits per heavy atom. The first-order chi connectivity index (χ1) is 8.45. The molecular weight excluding hydrogens is 248 g/mol. The molecule has 1 fully saturated rings. The topological polar surface area (TPSA) is 15.3 Å². The van der Waals surface area contributed by atoms with E-state index >= 15 is 0 Å². The predicted molar refractivity (Wildman–Crippen MR) is 62.8 cm³/mol. The minimum absolute atomic E-state index is 0.0773. The third kappa shape index (κ3) is 5.10. The van der Waals surface area contributed by atoms with Gasteiger partial charge in [-0.05, 0) is 25.8 Å². The van der Waals surface area contributed by atoms with Crippen LogP contribution < -0.4 is 5.32 Å². The maximum atomic E-state index is 13.3. The first kappa shape index (κ1) is 15.7. The molecule has 0 bridgehead atoms. The van der Waals surface area contributed by atoms with Crippen molar-refractivity contribution in [2.45, 2.75) is 51.2 Å². The van der Waals surface area contributed by atoms with E-state index in [9.17, 15) is 17.7 Å². The fraction of sp³-hybridized carbons (Fsp3) is 1.00. The summed E-state index contributed by atoms with van der Waals surface area (Å²) in [4.78, 5) is 0. The van der Waals surface area contributed by atoms with E-state index in [1.54, 1.807) is 0 Å². The number of hydrogen-bond acceptors (Lipinski definition) is 2. The molecule has 1 saturated heterocycles. The van der Waals surface area contributed by atoms with Gasteiger partial charge in [-0.3, -0.25) is 0 Å². The summed E-state index contributed by atoms with van der Waals surface area (Å²) < 4.78 is 51.2. The molecule has 0 amide bonds. The molecule has 18 heavy (non-hydrogen) atoms. The van der Waals surface area contributed by atoms with E-state index in [0.29, 0.717) is 18.2 Å². The minimum atomic E-state index is -4.17. The van der Waals surface area contributed by atoms with Crippen molar-refractivity contribution in [2.24, 2.45) is 5.92 Å². The van der Waals surface area contributed by atoms with Gasteiger partial charge in [-0.25, -0.2) is 0 Å². The molecule has 108 valence electrons. The molecule has 0 saturated carbocycles. The molecule has 1 aliphatic heterocycles. The van der Waals surface area contributed by atoms with Crippen LogP contribution in [0.4, 0.5) is 17.7 Å². The van der Waals surface area contributed by atoms with E-state index < -0.39 is 18.1 Å². The number of hydrogen-bond donors (Lipinski definition) is 1. The molecule has 2 unspecified atom stereocenters. The van der Waals surface area contributed by atoms with Gasteiger partial charge in [0.15, 0.2) is 0 Å². The Bertz CT molecular complexity index is 233. The van der Waals surface area contributed by atoms with Crippen molar-refractivity contribution >= 4 is 0 Å². The third-order valence-electron chi connectivity index (χ3n) is 3.46. The van der Waals surface area contributed by atoms with Crippen molar-refractivity contribution in [2.75, 3.05) is 19.6 Å². The third-order valence-corrected chi connectivity index (χ3v) is 3.46. The molecule has 6 heteroatoms. The second kappa shape index (κ2) is 7.28. The monoisotopic (exact) mass is 270 g/mol. The smallest absolute Gasteiger partial charge is 0.313 e. The molecule has 1 N–H and O–H groups in total. The van der Waals surface area contributed by atoms with Crippen molar-refractivity contribution < 1.29 is 17.7 Å². The van der Waals surface area contributed by atoms with Crippen molar-refractivity contribution in [3.63, 3.8) is 0 Å². The standard InChI is InChI=1S/C12H22F4N2/c1-2-3-4-8-18(16)9-6-11-10(5-7-17-11)12(13,14)15/h10-11,17H,2-9H2,1H3. The largest absolute Gasteiger partial charge is 0.393 e. The van der Waals surface area contributed by atoms with E-state index in [2.05, 4.69) is 5.32 Å². The van der Waals surface area contributed by atoms with E-state index in [1.165, 1.54) is 0 Å². The van der Waals surface area contributed by atoms with Gasteiger partial charge in [0.05, 0.1) is 5.92 Å². The van der Waals surface area contributed by atoms with Gasteiger partial charge in [-0.1, -0.05) is 19.8 Å². The average molecular weight is 270 g/mol. The Morgan fingerprint density at radius 3 is 2.56 bits per heavy atom. The van der Waals surface area contributed by atoms with Crippen LogP contribution in [-0.4, -0.2) is 37.0 Å². The highest BCUT2D eigenvalue weighted by atomic mass is 19.4. The van der Waals surface area contributed by atoms with Crippen molar-refractivity contribution in [1.82, 2.24) is 10.4 Å². The fourth-order valence-corrected chi connectivity index (χ4v) is 2.39. The average Bonchev–Trinajstić information content (AvgIpc) is 2.74. The van der Waals surface area contributed by atoms with E-state index in [4.69, 9.17) is 0 Å². The zero-order valence-corrected chi connectivity index (χ0v) is 10.8. The van der Waals surface area contributed by atoms with Gasteiger partial charge in [0, 0.05) is 19.1 Å². The number of nitrogens with one attached hydrogen (secondary N) is 1. The second-order valence-corrected chi connectivity index (χ2v) is 4.90. The van der Waals surface area contributed by atoms with Gasteiger partial charge in [-0.15, -0.1) is 9.60 Å². The molecule has 1 aliphatic rings. The lowest BCUT2D eigenvalue weighted by molar-refractivity contribution is -0.177. The zero-order chi connectivity index (χ0) is 13.6. The van der Waals surface area contributed by atoms with Crippen molar-refractivity contribution in [1.29, 1.82) is 0 Å². The van der Waals surface area contributed by atoms with E-state index in [0.717, 1.165) is 19.3 Å². The van der Waals surface area contributed by atoms with Crippen LogP contribution in [0.3, 0.4) is 0 Å². The van der Waals surface area contributed by atoms with Gasteiger partial charge in [0.2, 0.25) is 0 Å². The van der Waals surface area contributed by atoms with Crippen LogP contribution in [0.2, 0.25) is 0 Å². The molecule has 1 heterocycles. The highest BCUT2D eigenvalue weighted by Gasteiger charge is 2.46. The lowest BCUT2D eigenvalue weighted by Crippen LogP contribution is -2.37. The van der Waals surface area contributed by atoms with E-state index in [-0.39, 0.29) is 19.4 Å². The summed E-state index contributed by atoms with van der Waals surface area (Å²) in [6, 6.07) is -0.630. The van der Waals surface area contributed by atoms with Crippen molar-refractivity contribution in [3.05, 3.63) is 0 Å². The molecule has 0 aromatic heterocycles. The number of unbranched alkanes of at least 4 members (excludes halogenated alkanes) is 2. The quantitative estimate of drug-likeness (QED) is 0.434. The highest BCUT2D eigenvalue weighted by molar-refractivity contribution is 4.88. The summed E-state index contributed by atoms with van der Waals surface area (Å²) in [5, 5.41) is 3.46. The van der Waals surface area contributed by atoms with Gasteiger partial charge >= 0.3 is 6.18 Å². The molecule has 0 radical (unpaired) electrons. The highest BCUT2D eigenvalue weighted by Crippen LogP contribution is 2.35. The van der Waals surface area contributed by atoms with Crippen LogP contribution in [0.5, 0.6) is 0 Å². The molecule has 1 rings (SSSR count). The van der Waals surface area contributed by atoms with Crippen LogP contribution in [0.25, 0.3) is 0 Å². The Balaban J connectivity index is 2.25. The number of halogens is 4. The van der Waals surface area contributed by atoms with Gasteiger partial charge in [0.1, 0.15) is 0 Å². The van der Waals surface area contributed by atoms with Crippen LogP contribution >= 0.6 is 0 Å². The van der Waals surface area contributed by atoms with Crippen molar-refractivity contribution in [3.8, 4) is 0 Å². The number of nitrogens with zero attached hydrogens (tertiary/aromatic N) is 1. The van der Waals surface area contributed by atoms with E-state index in [1.807, 2.05) is 6.92 Å². The Kier molecular flexibility index (Phi) is 6.35. The Labute approximate surface area is 106 Å². The normalized spacial score (nSPS) is 25.0. The Morgan fingerprint density at radius 2 is 1.94 bits per heavy atom. The second-order valence-electron chi connectivity index (χ2n) is 4.90. The number of rotatable bonds is 7. The zero-order valence-electron chi connectivity index (χ0n) is 10.8. The minimum Gasteiger partial charge on any atom is -0.313 e. The summed E-state index contributed by atoms with van der Waals surface area (Å²) in [7, 11) is 0. The summed E-state index contributed by atoms with van der Waals surface area (Å²) >= 11 is 0.